The third-order valence-electron chi connectivity index (χ3n) is 4.14. The molecule has 0 radical (unpaired) electrons. The van der Waals surface area contributed by atoms with Gasteiger partial charge in [-0.15, -0.1) is 0 Å². The van der Waals surface area contributed by atoms with Crippen LogP contribution in [0, 0.1) is 0 Å². The Morgan fingerprint density at radius 3 is 1.43 bits per heavy atom. The maximum absolute atomic E-state index is 6.10. The van der Waals surface area contributed by atoms with Crippen molar-refractivity contribution < 1.29 is 29.7 Å². The van der Waals surface area contributed by atoms with Gasteiger partial charge in [0.25, 0.3) is 0 Å². The van der Waals surface area contributed by atoms with Gasteiger partial charge in [0.15, 0.2) is 0 Å². The first-order valence-corrected chi connectivity index (χ1v) is 10.5. The number of benzene rings is 2. The number of aryl methyl sites for hydroxylation is 4. The molecule has 0 spiro atoms. The zero-order valence-corrected chi connectivity index (χ0v) is 17.1. The van der Waals surface area contributed by atoms with Gasteiger partial charge < -0.3 is 0 Å². The van der Waals surface area contributed by atoms with Gasteiger partial charge in [0, 0.05) is 0 Å². The molecule has 0 unspecified atom stereocenters. The molecule has 0 amide bonds. The van der Waals surface area contributed by atoms with E-state index in [-0.39, 0.29) is 0 Å². The molecule has 0 atom stereocenters. The molecule has 0 bridgehead atoms. The van der Waals surface area contributed by atoms with E-state index >= 15 is 0 Å². The van der Waals surface area contributed by atoms with Crippen LogP contribution in [-0.4, -0.2) is 0 Å². The topological polar surface area (TPSA) is 18.5 Å². The van der Waals surface area contributed by atoms with Gasteiger partial charge in [0.05, 0.1) is 0 Å². The van der Waals surface area contributed by atoms with Crippen molar-refractivity contribution in [2.75, 3.05) is 0 Å². The van der Waals surface area contributed by atoms with Gasteiger partial charge in [-0.05, 0) is 0 Å². The summed E-state index contributed by atoms with van der Waals surface area (Å²) in [4.78, 5) is 0. The van der Waals surface area contributed by atoms with Crippen LogP contribution in [0.15, 0.2) is 36.4 Å². The third-order valence-corrected chi connectivity index (χ3v) is 5.64. The Morgan fingerprint density at radius 2 is 1.09 bits per heavy atom. The van der Waals surface area contributed by atoms with Crippen molar-refractivity contribution in [3.05, 3.63) is 58.7 Å². The van der Waals surface area contributed by atoms with Crippen LogP contribution in [0.2, 0.25) is 0 Å². The molecule has 2 nitrogen and oxygen atoms in total. The van der Waals surface area contributed by atoms with Gasteiger partial charge in [-0.25, -0.2) is 0 Å². The molecular weight excluding hydrogens is 363 g/mol. The molecule has 0 aromatic heterocycles. The Hall–Kier alpha value is -1.08. The van der Waals surface area contributed by atoms with E-state index in [1.165, 1.54) is 22.3 Å². The van der Waals surface area contributed by atoms with Crippen LogP contribution in [0.1, 0.15) is 49.9 Å². The van der Waals surface area contributed by atoms with Gasteiger partial charge >= 0.3 is 153 Å². The van der Waals surface area contributed by atoms with E-state index in [4.69, 9.17) is 5.63 Å². The predicted molar refractivity (Wildman–Crippen MR) is 91.7 cm³/mol. The molecule has 0 N–H and O–H groups in total. The molecule has 3 heteroatoms. The van der Waals surface area contributed by atoms with Crippen LogP contribution in [0.25, 0.3) is 0 Å². The minimum absolute atomic E-state index is 0.990. The number of hydrogen-bond donors (Lipinski definition) is 0. The molecule has 2 rings (SSSR count). The predicted octanol–water partition coefficient (Wildman–Crippen LogP) is 5.31. The van der Waals surface area contributed by atoms with Crippen molar-refractivity contribution in [1.82, 2.24) is 0 Å². The zero-order chi connectivity index (χ0) is 16.7. The Morgan fingerprint density at radius 1 is 0.652 bits per heavy atom. The van der Waals surface area contributed by atoms with Crippen molar-refractivity contribution in [2.24, 2.45) is 0 Å². The fourth-order valence-electron chi connectivity index (χ4n) is 2.52. The van der Waals surface area contributed by atoms with Gasteiger partial charge in [-0.1, -0.05) is 0 Å². The summed E-state index contributed by atoms with van der Waals surface area (Å²) in [6.45, 7) is 8.68. The first-order chi connectivity index (χ1) is 11.2. The van der Waals surface area contributed by atoms with Crippen molar-refractivity contribution in [2.45, 2.75) is 53.4 Å². The second kappa shape index (κ2) is 9.28. The van der Waals surface area contributed by atoms with Crippen molar-refractivity contribution in [3.8, 4) is 11.5 Å². The van der Waals surface area contributed by atoms with Gasteiger partial charge in [-0.2, -0.15) is 0 Å². The van der Waals surface area contributed by atoms with Crippen LogP contribution in [0.5, 0.6) is 11.5 Å². The van der Waals surface area contributed by atoms with E-state index in [0.29, 0.717) is 0 Å². The molecule has 2 aromatic carbocycles. The van der Waals surface area contributed by atoms with E-state index < -0.39 is 24.1 Å². The number of rotatable bonds is 8. The van der Waals surface area contributed by atoms with E-state index in [0.717, 1.165) is 37.2 Å². The fraction of sp³-hybridized carbons (Fsp3) is 0.400. The number of hydrogen-bond acceptors (Lipinski definition) is 2. The molecule has 0 saturated heterocycles. The van der Waals surface area contributed by atoms with Crippen LogP contribution < -0.4 is 5.63 Å². The fourth-order valence-corrected chi connectivity index (χ4v) is 4.00. The second-order valence-electron chi connectivity index (χ2n) is 5.59. The van der Waals surface area contributed by atoms with Crippen LogP contribution >= 0.6 is 0 Å². The summed E-state index contributed by atoms with van der Waals surface area (Å²) < 4.78 is 12.2. The Labute approximate surface area is 153 Å². The molecule has 0 aliphatic carbocycles. The van der Waals surface area contributed by atoms with Crippen LogP contribution in [0.3, 0.4) is 0 Å². The minimum atomic E-state index is -1.40. The molecule has 0 saturated carbocycles. The molecule has 0 aliphatic rings. The Kier molecular flexibility index (Phi) is 7.37. The monoisotopic (exact) mass is 388 g/mol. The van der Waals surface area contributed by atoms with E-state index in [2.05, 4.69) is 64.1 Å². The van der Waals surface area contributed by atoms with Gasteiger partial charge in [-0.3, -0.25) is 0 Å². The summed E-state index contributed by atoms with van der Waals surface area (Å²) in [5, 5.41) is 0. The molecule has 0 fully saturated rings. The summed E-state index contributed by atoms with van der Waals surface area (Å²) in [5.41, 5.74) is 5.17. The Balaban J connectivity index is 2.07. The third kappa shape index (κ3) is 4.95. The normalized spacial score (nSPS) is 10.4. The molecule has 2 aromatic rings. The maximum atomic E-state index is 6.10. The first kappa shape index (κ1) is 18.3. The van der Waals surface area contributed by atoms with Crippen molar-refractivity contribution >= 4 is 0 Å². The summed E-state index contributed by atoms with van der Waals surface area (Å²) in [7, 11) is 0. The second-order valence-corrected chi connectivity index (χ2v) is 7.00. The summed E-state index contributed by atoms with van der Waals surface area (Å²) in [5.74, 6) is 2.03. The molecule has 0 heterocycles. The quantitative estimate of drug-likeness (QED) is 0.609. The summed E-state index contributed by atoms with van der Waals surface area (Å²) in [6.07, 6.45) is 4.05. The van der Waals surface area contributed by atoms with Gasteiger partial charge in [0.2, 0.25) is 0 Å². The average Bonchev–Trinajstić information content (AvgIpc) is 2.61. The molecule has 0 aliphatic heterocycles. The average molecular weight is 390 g/mol. The first-order valence-electron chi connectivity index (χ1n) is 8.54. The van der Waals surface area contributed by atoms with Crippen molar-refractivity contribution in [3.63, 3.8) is 0 Å². The Bertz CT molecular complexity index is 582. The van der Waals surface area contributed by atoms with Gasteiger partial charge in [0.1, 0.15) is 0 Å². The van der Waals surface area contributed by atoms with E-state index in [9.17, 15) is 0 Å². The summed E-state index contributed by atoms with van der Waals surface area (Å²) in [6, 6.07) is 13.1. The standard InChI is InChI=1S/2C10H14O.Zr/c2*1-3-8-5-6-9(4-2)10(11)7-8;/h2*5-7,11H,3-4H2,1-2H3;/q;;+2/p-2. The summed E-state index contributed by atoms with van der Waals surface area (Å²) >= 11 is -1.40. The van der Waals surface area contributed by atoms with E-state index in [1.807, 2.05) is 0 Å². The SMILES string of the molecule is CCc1ccc(CC)c([O][Zr][O]c2cc(CC)ccc2CC)c1. The van der Waals surface area contributed by atoms with E-state index in [1.54, 1.807) is 0 Å². The molecule has 122 valence electrons. The van der Waals surface area contributed by atoms with Crippen LogP contribution in [-0.2, 0) is 49.8 Å². The zero-order valence-electron chi connectivity index (χ0n) is 14.6. The molecular formula is C20H26O2Zr. The molecule has 23 heavy (non-hydrogen) atoms. The van der Waals surface area contributed by atoms with Crippen LogP contribution in [0.4, 0.5) is 0 Å². The van der Waals surface area contributed by atoms with Crippen molar-refractivity contribution in [1.29, 1.82) is 0 Å².